The van der Waals surface area contributed by atoms with Crippen molar-refractivity contribution in [2.75, 3.05) is 24.4 Å². The maximum Gasteiger partial charge on any atom is 0.238 e. The number of Topliss-reactive ketones (excluding diaryl/α,β-unsaturated/α-hetero) is 2. The number of para-hydroxylation sites is 2. The molecule has 7 rings (SSSR count). The summed E-state index contributed by atoms with van der Waals surface area (Å²) in [6.07, 6.45) is 2.05. The molecule has 0 unspecified atom stereocenters. The van der Waals surface area contributed by atoms with E-state index in [2.05, 4.69) is 11.4 Å². The van der Waals surface area contributed by atoms with E-state index in [4.69, 9.17) is 9.47 Å². The second-order valence-electron chi connectivity index (χ2n) is 11.2. The third-order valence-corrected chi connectivity index (χ3v) is 9.16. The third-order valence-electron chi connectivity index (χ3n) is 9.16. The van der Waals surface area contributed by atoms with Crippen LogP contribution in [0.5, 0.6) is 11.5 Å². The number of benzene rings is 4. The van der Waals surface area contributed by atoms with E-state index in [0.29, 0.717) is 33.9 Å². The Morgan fingerprint density at radius 2 is 1.51 bits per heavy atom. The van der Waals surface area contributed by atoms with Crippen LogP contribution in [-0.4, -0.2) is 43.8 Å². The monoisotopic (exact) mass is 570 g/mol. The SMILES string of the molecule is COc1ccc(C(=O)[C@@H]2[C@@H](C(=O)c3cccc(OC)c3)N3c4ccccc4C(C)=C[C@H]3[C@]23C(=O)Nc2ccccc23)cc1. The van der Waals surface area contributed by atoms with Gasteiger partial charge in [0.05, 0.1) is 26.2 Å². The zero-order valence-corrected chi connectivity index (χ0v) is 24.0. The van der Waals surface area contributed by atoms with Crippen molar-refractivity contribution in [3.63, 3.8) is 0 Å². The number of ether oxygens (including phenoxy) is 2. The van der Waals surface area contributed by atoms with Gasteiger partial charge in [-0.3, -0.25) is 14.4 Å². The van der Waals surface area contributed by atoms with Crippen LogP contribution in [0.3, 0.4) is 0 Å². The number of nitrogens with zero attached hydrogens (tertiary/aromatic N) is 1. The van der Waals surface area contributed by atoms with Crippen LogP contribution < -0.4 is 19.7 Å². The molecule has 3 aliphatic heterocycles. The molecule has 7 nitrogen and oxygen atoms in total. The first kappa shape index (κ1) is 26.7. The Bertz CT molecular complexity index is 1830. The molecular formula is C36H30N2O5. The summed E-state index contributed by atoms with van der Waals surface area (Å²) in [6, 6.07) is 27.6. The summed E-state index contributed by atoms with van der Waals surface area (Å²) in [5, 5.41) is 3.08. The molecule has 0 saturated carbocycles. The predicted molar refractivity (Wildman–Crippen MR) is 165 cm³/mol. The highest BCUT2D eigenvalue weighted by Crippen LogP contribution is 2.58. The molecule has 1 N–H and O–H groups in total. The highest BCUT2D eigenvalue weighted by molar-refractivity contribution is 6.18. The molecule has 4 aromatic rings. The van der Waals surface area contributed by atoms with Crippen molar-refractivity contribution in [3.8, 4) is 11.5 Å². The Morgan fingerprint density at radius 3 is 2.28 bits per heavy atom. The van der Waals surface area contributed by atoms with E-state index in [1.165, 1.54) is 0 Å². The van der Waals surface area contributed by atoms with Gasteiger partial charge in [-0.25, -0.2) is 0 Å². The van der Waals surface area contributed by atoms with Crippen LogP contribution in [0.25, 0.3) is 5.57 Å². The molecule has 0 radical (unpaired) electrons. The van der Waals surface area contributed by atoms with Crippen LogP contribution in [0.1, 0.15) is 38.8 Å². The second kappa shape index (κ2) is 9.98. The molecule has 7 heteroatoms. The summed E-state index contributed by atoms with van der Waals surface area (Å²) >= 11 is 0. The van der Waals surface area contributed by atoms with Gasteiger partial charge in [-0.05, 0) is 66.6 Å². The Labute approximate surface area is 249 Å². The predicted octanol–water partition coefficient (Wildman–Crippen LogP) is 5.95. The number of carbonyl (C=O) groups is 3. The highest BCUT2D eigenvalue weighted by atomic mass is 16.5. The van der Waals surface area contributed by atoms with Gasteiger partial charge in [0.2, 0.25) is 5.91 Å². The zero-order chi connectivity index (χ0) is 29.9. The van der Waals surface area contributed by atoms with Gasteiger partial charge in [-0.15, -0.1) is 0 Å². The van der Waals surface area contributed by atoms with Crippen molar-refractivity contribution >= 4 is 34.4 Å². The van der Waals surface area contributed by atoms with Gasteiger partial charge in [0.25, 0.3) is 0 Å². The van der Waals surface area contributed by atoms with E-state index >= 15 is 0 Å². The number of hydrogen-bond acceptors (Lipinski definition) is 6. The van der Waals surface area contributed by atoms with Crippen molar-refractivity contribution in [1.82, 2.24) is 0 Å². The zero-order valence-electron chi connectivity index (χ0n) is 24.0. The van der Waals surface area contributed by atoms with E-state index < -0.39 is 23.4 Å². The first-order valence-electron chi connectivity index (χ1n) is 14.2. The Balaban J connectivity index is 1.53. The van der Waals surface area contributed by atoms with Crippen LogP contribution in [0.2, 0.25) is 0 Å². The molecule has 0 aromatic heterocycles. The molecule has 3 heterocycles. The third kappa shape index (κ3) is 3.77. The number of amides is 1. The van der Waals surface area contributed by atoms with Gasteiger partial charge in [-0.1, -0.05) is 54.6 Å². The molecular weight excluding hydrogens is 540 g/mol. The van der Waals surface area contributed by atoms with Gasteiger partial charge in [0.15, 0.2) is 11.6 Å². The summed E-state index contributed by atoms with van der Waals surface area (Å²) in [7, 11) is 3.12. The van der Waals surface area contributed by atoms with Crippen molar-refractivity contribution in [2.45, 2.75) is 24.4 Å². The maximum atomic E-state index is 14.9. The largest absolute Gasteiger partial charge is 0.497 e. The first-order chi connectivity index (χ1) is 20.9. The minimum Gasteiger partial charge on any atom is -0.497 e. The smallest absolute Gasteiger partial charge is 0.238 e. The number of allylic oxidation sites excluding steroid dienone is 1. The molecule has 4 atom stereocenters. The lowest BCUT2D eigenvalue weighted by Gasteiger charge is -2.39. The van der Waals surface area contributed by atoms with Crippen LogP contribution in [0, 0.1) is 5.92 Å². The Kier molecular flexibility index (Phi) is 6.20. The maximum absolute atomic E-state index is 14.9. The second-order valence-corrected chi connectivity index (χ2v) is 11.2. The summed E-state index contributed by atoms with van der Waals surface area (Å²) < 4.78 is 10.8. The molecule has 214 valence electrons. The van der Waals surface area contributed by atoms with Crippen molar-refractivity contribution < 1.29 is 23.9 Å². The van der Waals surface area contributed by atoms with E-state index in [-0.39, 0.29) is 17.5 Å². The van der Waals surface area contributed by atoms with Gasteiger partial charge in [0, 0.05) is 28.1 Å². The number of anilines is 2. The normalized spacial score (nSPS) is 23.1. The molecule has 0 aliphatic carbocycles. The van der Waals surface area contributed by atoms with Crippen LogP contribution >= 0.6 is 0 Å². The van der Waals surface area contributed by atoms with Gasteiger partial charge >= 0.3 is 0 Å². The molecule has 1 fully saturated rings. The quantitative estimate of drug-likeness (QED) is 0.289. The summed E-state index contributed by atoms with van der Waals surface area (Å²) in [5.41, 5.74) is 3.56. The van der Waals surface area contributed by atoms with E-state index in [9.17, 15) is 14.4 Å². The summed E-state index contributed by atoms with van der Waals surface area (Å²) in [4.78, 5) is 46.3. The summed E-state index contributed by atoms with van der Waals surface area (Å²) in [5.74, 6) is -0.743. The van der Waals surface area contributed by atoms with Crippen molar-refractivity contribution in [3.05, 3.63) is 125 Å². The number of ketones is 2. The topological polar surface area (TPSA) is 84.9 Å². The van der Waals surface area contributed by atoms with Gasteiger partial charge in [-0.2, -0.15) is 0 Å². The molecule has 43 heavy (non-hydrogen) atoms. The molecule has 1 amide bonds. The van der Waals surface area contributed by atoms with Gasteiger partial charge < -0.3 is 19.7 Å². The minimum atomic E-state index is -1.37. The number of fused-ring (bicyclic) bond motifs is 6. The Hall–Kier alpha value is -5.17. The first-order valence-corrected chi connectivity index (χ1v) is 14.2. The molecule has 1 saturated heterocycles. The van der Waals surface area contributed by atoms with Crippen molar-refractivity contribution in [2.24, 2.45) is 5.92 Å². The number of methoxy groups -OCH3 is 2. The fraction of sp³-hybridized carbons (Fsp3) is 0.194. The van der Waals surface area contributed by atoms with E-state index in [1.54, 1.807) is 62.8 Å². The lowest BCUT2D eigenvalue weighted by molar-refractivity contribution is -0.121. The minimum absolute atomic E-state index is 0.257. The fourth-order valence-electron chi connectivity index (χ4n) is 7.27. The standard InChI is InChI=1S/C36H30N2O5/c1-21-19-30-36(27-12-5-6-13-28(27)37-35(36)41)31(33(39)22-15-17-24(42-2)18-16-22)32(38(30)29-14-7-4-11-26(21)29)34(40)23-9-8-10-25(20-23)43-3/h4-20,30-32H,1-3H3,(H,37,41)/t30-,31-,32-,36-/m0/s1. The molecule has 4 aromatic carbocycles. The average molecular weight is 571 g/mol. The lowest BCUT2D eigenvalue weighted by Crippen LogP contribution is -2.51. The van der Waals surface area contributed by atoms with Crippen LogP contribution in [-0.2, 0) is 10.2 Å². The Morgan fingerprint density at radius 1 is 0.791 bits per heavy atom. The summed E-state index contributed by atoms with van der Waals surface area (Å²) in [6.45, 7) is 2.01. The van der Waals surface area contributed by atoms with E-state index in [0.717, 1.165) is 16.8 Å². The molecule has 0 bridgehead atoms. The number of nitrogens with one attached hydrogen (secondary N) is 1. The number of hydrogen-bond donors (Lipinski definition) is 1. The van der Waals surface area contributed by atoms with Gasteiger partial charge in [0.1, 0.15) is 23.0 Å². The average Bonchev–Trinajstić information content (AvgIpc) is 3.52. The lowest BCUT2D eigenvalue weighted by atomic mass is 9.64. The fourth-order valence-corrected chi connectivity index (χ4v) is 7.27. The highest BCUT2D eigenvalue weighted by Gasteiger charge is 2.70. The van der Waals surface area contributed by atoms with Crippen LogP contribution in [0.15, 0.2) is 103 Å². The molecule has 3 aliphatic rings. The van der Waals surface area contributed by atoms with E-state index in [1.807, 2.05) is 60.4 Å². The molecule has 1 spiro atoms. The number of carbonyl (C=O) groups excluding carboxylic acids is 3. The number of rotatable bonds is 6. The van der Waals surface area contributed by atoms with Crippen molar-refractivity contribution in [1.29, 1.82) is 0 Å². The van der Waals surface area contributed by atoms with Crippen LogP contribution in [0.4, 0.5) is 11.4 Å².